The standard InChI is InChI=1S/C6H14N2.C5H11N.C4H8O/c1-7-3-5-8(2)6-4-7;1-6-4-2-3-5-6;1-3-4(2)5/h3-6H2,1-2H3;2-5H2,1H3;3H2,1-2H3. The molecule has 2 saturated heterocycles. The zero-order valence-corrected chi connectivity index (χ0v) is 13.6. The lowest BCUT2D eigenvalue weighted by molar-refractivity contribution is -0.116. The van der Waals surface area contributed by atoms with E-state index in [0.717, 1.165) is 0 Å². The fraction of sp³-hybridized carbons (Fsp3) is 0.933. The van der Waals surface area contributed by atoms with Crippen molar-refractivity contribution in [2.24, 2.45) is 0 Å². The molecule has 2 heterocycles. The third-order valence-corrected chi connectivity index (χ3v) is 3.55. The molecule has 19 heavy (non-hydrogen) atoms. The molecule has 0 aromatic heterocycles. The van der Waals surface area contributed by atoms with Crippen molar-refractivity contribution in [1.29, 1.82) is 0 Å². The molecule has 114 valence electrons. The van der Waals surface area contributed by atoms with Gasteiger partial charge in [0.1, 0.15) is 5.78 Å². The predicted molar refractivity (Wildman–Crippen MR) is 82.7 cm³/mol. The summed E-state index contributed by atoms with van der Waals surface area (Å²) < 4.78 is 0. The van der Waals surface area contributed by atoms with E-state index in [1.807, 2.05) is 6.92 Å². The van der Waals surface area contributed by atoms with Gasteiger partial charge in [-0.05, 0) is 54.0 Å². The van der Waals surface area contributed by atoms with E-state index in [9.17, 15) is 4.79 Å². The maximum Gasteiger partial charge on any atom is 0.129 e. The van der Waals surface area contributed by atoms with Crippen LogP contribution < -0.4 is 0 Å². The Labute approximate surface area is 119 Å². The average molecular weight is 271 g/mol. The van der Waals surface area contributed by atoms with Gasteiger partial charge in [-0.2, -0.15) is 0 Å². The summed E-state index contributed by atoms with van der Waals surface area (Å²) in [7, 11) is 6.52. The second-order valence-electron chi connectivity index (χ2n) is 5.67. The first kappa shape index (κ1) is 18.6. The first-order valence-corrected chi connectivity index (χ1v) is 7.50. The summed E-state index contributed by atoms with van der Waals surface area (Å²) in [6, 6.07) is 0. The van der Waals surface area contributed by atoms with Crippen molar-refractivity contribution < 1.29 is 4.79 Å². The fourth-order valence-corrected chi connectivity index (χ4v) is 1.78. The summed E-state index contributed by atoms with van der Waals surface area (Å²) in [5.74, 6) is 0.255. The molecule has 0 radical (unpaired) electrons. The van der Waals surface area contributed by atoms with Crippen molar-refractivity contribution in [3.05, 3.63) is 0 Å². The van der Waals surface area contributed by atoms with Crippen LogP contribution in [0.1, 0.15) is 33.1 Å². The number of likely N-dealkylation sites (tertiary alicyclic amines) is 1. The van der Waals surface area contributed by atoms with Gasteiger partial charge in [0.2, 0.25) is 0 Å². The Morgan fingerprint density at radius 3 is 1.21 bits per heavy atom. The maximum absolute atomic E-state index is 9.81. The Hall–Kier alpha value is -0.450. The molecule has 2 aliphatic heterocycles. The van der Waals surface area contributed by atoms with Gasteiger partial charge < -0.3 is 19.5 Å². The molecule has 0 aromatic rings. The number of piperazine rings is 1. The number of likely N-dealkylation sites (N-methyl/N-ethyl adjacent to an activating group) is 2. The van der Waals surface area contributed by atoms with E-state index >= 15 is 0 Å². The zero-order chi connectivity index (χ0) is 14.7. The van der Waals surface area contributed by atoms with Gasteiger partial charge in [-0.15, -0.1) is 0 Å². The summed E-state index contributed by atoms with van der Waals surface area (Å²) in [5, 5.41) is 0. The number of rotatable bonds is 1. The molecule has 0 bridgehead atoms. The molecule has 0 aliphatic carbocycles. The lowest BCUT2D eigenvalue weighted by Gasteiger charge is -2.28. The summed E-state index contributed by atoms with van der Waals surface area (Å²) >= 11 is 0. The number of carbonyl (C=O) groups is 1. The van der Waals surface area contributed by atoms with Gasteiger partial charge in [0, 0.05) is 32.6 Å². The van der Waals surface area contributed by atoms with Crippen LogP contribution in [0.3, 0.4) is 0 Å². The molecule has 0 spiro atoms. The van der Waals surface area contributed by atoms with Crippen LogP contribution in [0.5, 0.6) is 0 Å². The van der Waals surface area contributed by atoms with Crippen molar-refractivity contribution in [1.82, 2.24) is 14.7 Å². The van der Waals surface area contributed by atoms with Gasteiger partial charge in [-0.3, -0.25) is 0 Å². The molecule has 2 rings (SSSR count). The number of nitrogens with zero attached hydrogens (tertiary/aromatic N) is 3. The molecule has 2 aliphatic rings. The summed E-state index contributed by atoms with van der Waals surface area (Å²) in [4.78, 5) is 16.9. The van der Waals surface area contributed by atoms with E-state index in [0.29, 0.717) is 6.42 Å². The van der Waals surface area contributed by atoms with E-state index in [4.69, 9.17) is 0 Å². The Balaban J connectivity index is 0.000000265. The van der Waals surface area contributed by atoms with E-state index in [2.05, 4.69) is 35.8 Å². The Kier molecular flexibility index (Phi) is 11.1. The fourth-order valence-electron chi connectivity index (χ4n) is 1.78. The topological polar surface area (TPSA) is 26.8 Å². The van der Waals surface area contributed by atoms with Crippen LogP contribution in [0.4, 0.5) is 0 Å². The van der Waals surface area contributed by atoms with Gasteiger partial charge in [-0.1, -0.05) is 6.92 Å². The highest BCUT2D eigenvalue weighted by Crippen LogP contribution is 2.02. The molecule has 0 saturated carbocycles. The first-order chi connectivity index (χ1) is 8.95. The van der Waals surface area contributed by atoms with Crippen LogP contribution in [-0.4, -0.2) is 80.9 Å². The van der Waals surface area contributed by atoms with Gasteiger partial charge in [0.25, 0.3) is 0 Å². The highest BCUT2D eigenvalue weighted by Gasteiger charge is 2.07. The minimum absolute atomic E-state index is 0.255. The van der Waals surface area contributed by atoms with Crippen LogP contribution in [-0.2, 0) is 4.79 Å². The highest BCUT2D eigenvalue weighted by atomic mass is 16.1. The molecule has 0 amide bonds. The van der Waals surface area contributed by atoms with Crippen LogP contribution >= 0.6 is 0 Å². The minimum Gasteiger partial charge on any atom is -0.306 e. The number of ketones is 1. The van der Waals surface area contributed by atoms with E-state index in [1.54, 1.807) is 6.92 Å². The third kappa shape index (κ3) is 12.3. The average Bonchev–Trinajstić information content (AvgIpc) is 2.85. The van der Waals surface area contributed by atoms with Gasteiger partial charge in [-0.25, -0.2) is 0 Å². The van der Waals surface area contributed by atoms with E-state index in [1.165, 1.54) is 52.1 Å². The number of hydrogen-bond donors (Lipinski definition) is 0. The largest absolute Gasteiger partial charge is 0.306 e. The molecule has 2 fully saturated rings. The molecule has 4 nitrogen and oxygen atoms in total. The number of Topliss-reactive ketones (excluding diaryl/α,β-unsaturated/α-hetero) is 1. The summed E-state index contributed by atoms with van der Waals surface area (Å²) in [6.07, 6.45) is 3.49. The third-order valence-electron chi connectivity index (χ3n) is 3.55. The second kappa shape index (κ2) is 11.4. The van der Waals surface area contributed by atoms with Crippen LogP contribution in [0.2, 0.25) is 0 Å². The molecule has 0 atom stereocenters. The lowest BCUT2D eigenvalue weighted by atomic mass is 10.4. The maximum atomic E-state index is 9.81. The van der Waals surface area contributed by atoms with Crippen molar-refractivity contribution in [3.8, 4) is 0 Å². The minimum atomic E-state index is 0.255. The van der Waals surface area contributed by atoms with E-state index in [-0.39, 0.29) is 5.78 Å². The quantitative estimate of drug-likeness (QED) is 0.723. The van der Waals surface area contributed by atoms with Crippen molar-refractivity contribution in [2.45, 2.75) is 33.1 Å². The van der Waals surface area contributed by atoms with Gasteiger partial charge in [0.15, 0.2) is 0 Å². The van der Waals surface area contributed by atoms with Crippen molar-refractivity contribution >= 4 is 5.78 Å². The number of hydrogen-bond acceptors (Lipinski definition) is 4. The molecule has 0 unspecified atom stereocenters. The van der Waals surface area contributed by atoms with Gasteiger partial charge >= 0.3 is 0 Å². The molecule has 4 heteroatoms. The Bertz CT molecular complexity index is 209. The SMILES string of the molecule is CCC(C)=O.CN1CCCC1.CN1CCN(C)CC1. The predicted octanol–water partition coefficient (Wildman–Crippen LogP) is 1.56. The molecular formula is C15H33N3O. The summed E-state index contributed by atoms with van der Waals surface area (Å²) in [6.45, 7) is 11.0. The monoisotopic (exact) mass is 271 g/mol. The summed E-state index contributed by atoms with van der Waals surface area (Å²) in [5.41, 5.74) is 0. The van der Waals surface area contributed by atoms with Crippen LogP contribution in [0.15, 0.2) is 0 Å². The zero-order valence-electron chi connectivity index (χ0n) is 13.6. The number of carbonyl (C=O) groups excluding carboxylic acids is 1. The molecule has 0 N–H and O–H groups in total. The second-order valence-corrected chi connectivity index (χ2v) is 5.67. The lowest BCUT2D eigenvalue weighted by Crippen LogP contribution is -2.42. The van der Waals surface area contributed by atoms with Crippen molar-refractivity contribution in [3.63, 3.8) is 0 Å². The highest BCUT2D eigenvalue weighted by molar-refractivity contribution is 5.74. The first-order valence-electron chi connectivity index (χ1n) is 7.50. The normalized spacial score (nSPS) is 21.1. The van der Waals surface area contributed by atoms with Crippen LogP contribution in [0, 0.1) is 0 Å². The van der Waals surface area contributed by atoms with Crippen molar-refractivity contribution in [2.75, 3.05) is 60.4 Å². The molecule has 0 aromatic carbocycles. The smallest absolute Gasteiger partial charge is 0.129 e. The Morgan fingerprint density at radius 1 is 0.789 bits per heavy atom. The Morgan fingerprint density at radius 2 is 1.05 bits per heavy atom. The van der Waals surface area contributed by atoms with Crippen LogP contribution in [0.25, 0.3) is 0 Å². The van der Waals surface area contributed by atoms with Gasteiger partial charge in [0.05, 0.1) is 0 Å². The van der Waals surface area contributed by atoms with E-state index < -0.39 is 0 Å². The molecular weight excluding hydrogens is 238 g/mol.